The molecule has 66 valence electrons. The highest BCUT2D eigenvalue weighted by atomic mass is 14.3. The van der Waals surface area contributed by atoms with E-state index in [0.717, 1.165) is 0 Å². The van der Waals surface area contributed by atoms with E-state index in [-0.39, 0.29) is 5.92 Å². The van der Waals surface area contributed by atoms with Crippen LogP contribution >= 0.6 is 0 Å². The minimum atomic E-state index is 0.197. The summed E-state index contributed by atoms with van der Waals surface area (Å²) in [7, 11) is 0. The topological polar surface area (TPSA) is 23.9 Å². The Kier molecular flexibility index (Phi) is 13.7. The first-order chi connectivity index (χ1) is 5.81. The normalized spacial score (nSPS) is 11.8. The third-order valence-electron chi connectivity index (χ3n) is 0.981. The fraction of sp³-hybridized carbons (Fsp3) is 0.364. The van der Waals surface area contributed by atoms with Crippen molar-refractivity contribution in [2.24, 2.45) is 5.92 Å². The van der Waals surface area contributed by atoms with Crippen LogP contribution in [0.4, 0.5) is 0 Å². The van der Waals surface area contributed by atoms with Gasteiger partial charge < -0.3 is 5.41 Å². The Morgan fingerprint density at radius 3 is 2.33 bits per heavy atom. The Labute approximate surface area is 75.7 Å². The zero-order valence-electron chi connectivity index (χ0n) is 8.04. The molecule has 0 aliphatic rings. The van der Waals surface area contributed by atoms with Crippen molar-refractivity contribution in [2.45, 2.75) is 20.8 Å². The van der Waals surface area contributed by atoms with Gasteiger partial charge >= 0.3 is 0 Å². The number of hydrogen-bond acceptors (Lipinski definition) is 1. The summed E-state index contributed by atoms with van der Waals surface area (Å²) in [6, 6.07) is 0. The van der Waals surface area contributed by atoms with Gasteiger partial charge in [0.2, 0.25) is 0 Å². The predicted molar refractivity (Wildman–Crippen MR) is 56.4 cm³/mol. The minimum Gasteiger partial charge on any atom is -0.313 e. The summed E-state index contributed by atoms with van der Waals surface area (Å²) in [6.45, 7) is 5.94. The van der Waals surface area contributed by atoms with Crippen LogP contribution in [0, 0.1) is 23.7 Å². The van der Waals surface area contributed by atoms with Gasteiger partial charge in [-0.3, -0.25) is 0 Å². The molecule has 0 heterocycles. The van der Waals surface area contributed by atoms with Gasteiger partial charge in [0.25, 0.3) is 0 Å². The molecule has 1 N–H and O–H groups in total. The van der Waals surface area contributed by atoms with E-state index in [1.807, 2.05) is 32.9 Å². The quantitative estimate of drug-likeness (QED) is 0.375. The van der Waals surface area contributed by atoms with Crippen LogP contribution in [-0.4, -0.2) is 6.21 Å². The second-order valence-electron chi connectivity index (χ2n) is 1.94. The molecule has 0 spiro atoms. The molecule has 0 saturated carbocycles. The molecule has 1 atom stereocenters. The molecule has 0 aromatic rings. The molecule has 0 amide bonds. The number of terminal acetylenes is 1. The molecule has 12 heavy (non-hydrogen) atoms. The number of hydrogen-bond donors (Lipinski definition) is 1. The predicted octanol–water partition coefficient (Wildman–Crippen LogP) is 3.04. The molecule has 1 heteroatoms. The van der Waals surface area contributed by atoms with Crippen molar-refractivity contribution in [3.05, 3.63) is 24.3 Å². The van der Waals surface area contributed by atoms with Crippen LogP contribution in [0.5, 0.6) is 0 Å². The van der Waals surface area contributed by atoms with Crippen LogP contribution in [0.2, 0.25) is 0 Å². The van der Waals surface area contributed by atoms with E-state index < -0.39 is 0 Å². The largest absolute Gasteiger partial charge is 0.313 e. The molecule has 0 bridgehead atoms. The second kappa shape index (κ2) is 12.4. The third-order valence-corrected chi connectivity index (χ3v) is 0.981. The molecule has 0 aliphatic heterocycles. The highest BCUT2D eigenvalue weighted by Gasteiger charge is 1.84. The maximum atomic E-state index is 6.85. The molecular weight excluding hydrogens is 146 g/mol. The molecular formula is C11H17N. The standard InChI is InChI=1S/C9H11N.C2H6/c1-3-4-5-6-7-9(2)8-10;1-2/h1,4-10H,2H3;1-2H3/b5-4+,7-6-,10-8?;. The zero-order valence-corrected chi connectivity index (χ0v) is 8.04. The lowest BCUT2D eigenvalue weighted by Gasteiger charge is -1.89. The lowest BCUT2D eigenvalue weighted by atomic mass is 10.2. The Bertz CT molecular complexity index is 182. The number of rotatable bonds is 3. The van der Waals surface area contributed by atoms with Crippen LogP contribution in [0.25, 0.3) is 0 Å². The second-order valence-corrected chi connectivity index (χ2v) is 1.94. The van der Waals surface area contributed by atoms with Gasteiger partial charge in [-0.25, -0.2) is 0 Å². The van der Waals surface area contributed by atoms with Gasteiger partial charge in [-0.15, -0.1) is 6.42 Å². The van der Waals surface area contributed by atoms with Gasteiger partial charge in [0.1, 0.15) is 0 Å². The summed E-state index contributed by atoms with van der Waals surface area (Å²) in [5, 5.41) is 6.85. The van der Waals surface area contributed by atoms with E-state index in [2.05, 4.69) is 5.92 Å². The van der Waals surface area contributed by atoms with Crippen molar-refractivity contribution < 1.29 is 0 Å². The lowest BCUT2D eigenvalue weighted by Crippen LogP contribution is -1.86. The first-order valence-corrected chi connectivity index (χ1v) is 4.11. The Hall–Kier alpha value is -1.29. The van der Waals surface area contributed by atoms with Gasteiger partial charge in [-0.2, -0.15) is 0 Å². The van der Waals surface area contributed by atoms with Gasteiger partial charge in [0, 0.05) is 12.1 Å². The zero-order chi connectivity index (χ0) is 9.82. The summed E-state index contributed by atoms with van der Waals surface area (Å²) in [4.78, 5) is 0. The van der Waals surface area contributed by atoms with Gasteiger partial charge in [-0.1, -0.05) is 44.9 Å². The number of nitrogens with one attached hydrogen (secondary N) is 1. The molecule has 0 aromatic carbocycles. The van der Waals surface area contributed by atoms with Crippen LogP contribution in [0.3, 0.4) is 0 Å². The average Bonchev–Trinajstić information content (AvgIpc) is 2.15. The van der Waals surface area contributed by atoms with Gasteiger partial charge in [0.05, 0.1) is 0 Å². The van der Waals surface area contributed by atoms with E-state index in [9.17, 15) is 0 Å². The van der Waals surface area contributed by atoms with Crippen LogP contribution < -0.4 is 0 Å². The number of allylic oxidation sites excluding steroid dienone is 4. The molecule has 0 aliphatic carbocycles. The Morgan fingerprint density at radius 2 is 1.92 bits per heavy atom. The fourth-order valence-electron chi connectivity index (χ4n) is 0.406. The summed E-state index contributed by atoms with van der Waals surface area (Å²) < 4.78 is 0. The minimum absolute atomic E-state index is 0.197. The van der Waals surface area contributed by atoms with Crippen molar-refractivity contribution in [3.8, 4) is 12.3 Å². The van der Waals surface area contributed by atoms with Crippen molar-refractivity contribution >= 4 is 6.21 Å². The van der Waals surface area contributed by atoms with Crippen LogP contribution in [0.15, 0.2) is 24.3 Å². The van der Waals surface area contributed by atoms with E-state index in [1.165, 1.54) is 6.21 Å². The van der Waals surface area contributed by atoms with Crippen LogP contribution in [0.1, 0.15) is 20.8 Å². The highest BCUT2D eigenvalue weighted by molar-refractivity contribution is 5.58. The summed E-state index contributed by atoms with van der Waals surface area (Å²) in [6.07, 6.45) is 13.5. The highest BCUT2D eigenvalue weighted by Crippen LogP contribution is 1.91. The Balaban J connectivity index is 0. The summed E-state index contributed by atoms with van der Waals surface area (Å²) >= 11 is 0. The maximum absolute atomic E-state index is 6.85. The molecule has 0 rings (SSSR count). The monoisotopic (exact) mass is 163 g/mol. The van der Waals surface area contributed by atoms with Crippen LogP contribution in [-0.2, 0) is 0 Å². The first-order valence-electron chi connectivity index (χ1n) is 4.11. The molecule has 1 unspecified atom stereocenters. The van der Waals surface area contributed by atoms with Crippen molar-refractivity contribution in [1.82, 2.24) is 0 Å². The van der Waals surface area contributed by atoms with Gasteiger partial charge in [0.15, 0.2) is 0 Å². The Morgan fingerprint density at radius 1 is 1.33 bits per heavy atom. The maximum Gasteiger partial charge on any atom is 0.00895 e. The van der Waals surface area contributed by atoms with E-state index in [0.29, 0.717) is 0 Å². The van der Waals surface area contributed by atoms with Crippen molar-refractivity contribution in [3.63, 3.8) is 0 Å². The smallest absolute Gasteiger partial charge is 0.00895 e. The van der Waals surface area contributed by atoms with Crippen molar-refractivity contribution in [1.29, 1.82) is 5.41 Å². The molecule has 1 nitrogen and oxygen atoms in total. The third kappa shape index (κ3) is 11.5. The van der Waals surface area contributed by atoms with Crippen molar-refractivity contribution in [2.75, 3.05) is 0 Å². The van der Waals surface area contributed by atoms with E-state index in [1.54, 1.807) is 12.2 Å². The SMILES string of the molecule is C#C/C=C/C=C\C(C)C=N.CC. The average molecular weight is 163 g/mol. The lowest BCUT2D eigenvalue weighted by molar-refractivity contribution is 1.02. The molecule has 0 saturated heterocycles. The summed E-state index contributed by atoms with van der Waals surface area (Å²) in [5.41, 5.74) is 0. The van der Waals surface area contributed by atoms with E-state index >= 15 is 0 Å². The first kappa shape index (κ1) is 13.3. The molecule has 0 radical (unpaired) electrons. The summed E-state index contributed by atoms with van der Waals surface area (Å²) in [5.74, 6) is 2.57. The van der Waals surface area contributed by atoms with E-state index in [4.69, 9.17) is 11.8 Å². The van der Waals surface area contributed by atoms with Gasteiger partial charge in [-0.05, 0) is 6.08 Å². The fourth-order valence-corrected chi connectivity index (χ4v) is 0.406. The molecule has 0 aromatic heterocycles. The molecule has 0 fully saturated rings.